The monoisotopic (exact) mass is 357 g/mol. The maximum absolute atomic E-state index is 12.7. The zero-order valence-electron chi connectivity index (χ0n) is 14.6. The van der Waals surface area contributed by atoms with Crippen molar-refractivity contribution in [3.63, 3.8) is 0 Å². The summed E-state index contributed by atoms with van der Waals surface area (Å²) in [5.41, 5.74) is 0.0153. The highest BCUT2D eigenvalue weighted by Crippen LogP contribution is 2.37. The normalized spacial score (nSPS) is 17.9. The molecule has 0 fully saturated rings. The maximum Gasteiger partial charge on any atom is 0.290 e. The van der Waals surface area contributed by atoms with E-state index >= 15 is 0 Å². The van der Waals surface area contributed by atoms with Crippen LogP contribution >= 0.6 is 0 Å². The number of furan rings is 2. The van der Waals surface area contributed by atoms with Gasteiger partial charge in [-0.2, -0.15) is 0 Å². The van der Waals surface area contributed by atoms with Gasteiger partial charge >= 0.3 is 0 Å². The molecule has 0 aromatic carbocycles. The molecule has 2 N–H and O–H groups in total. The average Bonchev–Trinajstić information content (AvgIpc) is 3.34. The van der Waals surface area contributed by atoms with E-state index in [4.69, 9.17) is 8.83 Å². The van der Waals surface area contributed by atoms with E-state index in [2.05, 4.69) is 0 Å². The topological polar surface area (TPSA) is 88.3 Å². The molecular formula is C19H21N2O5+. The Morgan fingerprint density at radius 2 is 2.00 bits per heavy atom. The van der Waals surface area contributed by atoms with Crippen LogP contribution in [-0.4, -0.2) is 48.9 Å². The first-order valence-corrected chi connectivity index (χ1v) is 8.31. The predicted octanol–water partition coefficient (Wildman–Crippen LogP) is 0.995. The van der Waals surface area contributed by atoms with E-state index in [1.54, 1.807) is 24.3 Å². The molecule has 0 spiro atoms. The van der Waals surface area contributed by atoms with Gasteiger partial charge in [0, 0.05) is 0 Å². The van der Waals surface area contributed by atoms with Crippen molar-refractivity contribution in [3.8, 4) is 0 Å². The molecule has 0 aliphatic carbocycles. The summed E-state index contributed by atoms with van der Waals surface area (Å²) in [7, 11) is 3.93. The number of aliphatic hydroxyl groups excluding tert-OH is 1. The largest absolute Gasteiger partial charge is 0.503 e. The number of likely N-dealkylation sites (N-methyl/N-ethyl adjacent to an activating group) is 1. The highest BCUT2D eigenvalue weighted by molar-refractivity contribution is 6.14. The van der Waals surface area contributed by atoms with Crippen molar-refractivity contribution in [1.29, 1.82) is 0 Å². The van der Waals surface area contributed by atoms with E-state index < -0.39 is 23.5 Å². The van der Waals surface area contributed by atoms with Crippen LogP contribution in [-0.2, 0) is 9.59 Å². The highest BCUT2D eigenvalue weighted by atomic mass is 16.3. The molecule has 7 heteroatoms. The number of ketones is 1. The molecular weight excluding hydrogens is 336 g/mol. The van der Waals surface area contributed by atoms with Gasteiger partial charge in [-0.05, 0) is 36.4 Å². The van der Waals surface area contributed by atoms with E-state index in [0.29, 0.717) is 24.6 Å². The van der Waals surface area contributed by atoms with Crippen LogP contribution in [0.4, 0.5) is 0 Å². The zero-order chi connectivity index (χ0) is 18.7. The van der Waals surface area contributed by atoms with Gasteiger partial charge in [0.05, 0.1) is 45.3 Å². The van der Waals surface area contributed by atoms with Crippen LogP contribution in [0, 0.1) is 0 Å². The number of hydrogen-bond donors (Lipinski definition) is 2. The minimum Gasteiger partial charge on any atom is -0.503 e. The molecule has 1 amide bonds. The molecule has 2 aromatic heterocycles. The first-order chi connectivity index (χ1) is 12.5. The average molecular weight is 357 g/mol. The van der Waals surface area contributed by atoms with E-state index in [1.807, 2.05) is 14.1 Å². The van der Waals surface area contributed by atoms with E-state index in [-0.39, 0.29) is 5.57 Å². The Balaban J connectivity index is 1.92. The molecule has 0 unspecified atom stereocenters. The number of nitrogens with one attached hydrogen (secondary N) is 1. The first-order valence-electron chi connectivity index (χ1n) is 8.31. The molecule has 136 valence electrons. The third kappa shape index (κ3) is 3.48. The number of aliphatic hydroxyl groups is 1. The minimum absolute atomic E-state index is 0.0153. The molecule has 0 radical (unpaired) electrons. The summed E-state index contributed by atoms with van der Waals surface area (Å²) in [5.74, 6) is -0.624. The molecule has 7 nitrogen and oxygen atoms in total. The van der Waals surface area contributed by atoms with Gasteiger partial charge in [0.25, 0.3) is 5.91 Å². The van der Waals surface area contributed by atoms with E-state index in [0.717, 1.165) is 4.90 Å². The van der Waals surface area contributed by atoms with Crippen molar-refractivity contribution in [2.24, 2.45) is 0 Å². The Morgan fingerprint density at radius 1 is 1.27 bits per heavy atom. The fourth-order valence-corrected chi connectivity index (χ4v) is 2.86. The Kier molecular flexibility index (Phi) is 5.09. The Morgan fingerprint density at radius 3 is 2.62 bits per heavy atom. The fraction of sp³-hybridized carbons (Fsp3) is 0.263. The van der Waals surface area contributed by atoms with Gasteiger partial charge < -0.3 is 23.7 Å². The summed E-state index contributed by atoms with van der Waals surface area (Å²) >= 11 is 0. The van der Waals surface area contributed by atoms with Crippen LogP contribution in [0.3, 0.4) is 0 Å². The molecule has 1 atom stereocenters. The standard InChI is InChI=1S/C19H20N2O5/c1-20(2)9-10-21-17(15-6-4-12-26-15)16(18(23)19(21)24)14(22)8-7-13-5-3-11-25-13/h3-8,11-12,17,23H,9-10H2,1-2H3/p+1/b8-7+/t17-/m0/s1. The molecule has 0 bridgehead atoms. The second kappa shape index (κ2) is 7.45. The molecule has 26 heavy (non-hydrogen) atoms. The molecule has 0 saturated carbocycles. The number of carbonyl (C=O) groups is 2. The predicted molar refractivity (Wildman–Crippen MR) is 93.2 cm³/mol. The van der Waals surface area contributed by atoms with Crippen molar-refractivity contribution < 1.29 is 28.4 Å². The maximum atomic E-state index is 12.7. The van der Waals surface area contributed by atoms with Crippen LogP contribution in [0.15, 0.2) is 63.0 Å². The van der Waals surface area contributed by atoms with Crippen LogP contribution < -0.4 is 4.90 Å². The lowest BCUT2D eigenvalue weighted by molar-refractivity contribution is -0.857. The summed E-state index contributed by atoms with van der Waals surface area (Å²) in [6.07, 6.45) is 5.76. The molecule has 1 aliphatic rings. The van der Waals surface area contributed by atoms with Gasteiger partial charge in [0.15, 0.2) is 11.5 Å². The number of carbonyl (C=O) groups excluding carboxylic acids is 2. The molecule has 3 heterocycles. The third-order valence-electron chi connectivity index (χ3n) is 4.18. The van der Waals surface area contributed by atoms with E-state index in [1.165, 1.54) is 29.6 Å². The van der Waals surface area contributed by atoms with Crippen LogP contribution in [0.2, 0.25) is 0 Å². The van der Waals surface area contributed by atoms with E-state index in [9.17, 15) is 14.7 Å². The Bertz CT molecular complexity index is 831. The van der Waals surface area contributed by atoms with Gasteiger partial charge in [-0.1, -0.05) is 0 Å². The number of nitrogens with zero attached hydrogens (tertiary/aromatic N) is 1. The van der Waals surface area contributed by atoms with Crippen LogP contribution in [0.1, 0.15) is 17.6 Å². The van der Waals surface area contributed by atoms with Crippen LogP contribution in [0.25, 0.3) is 6.08 Å². The quantitative estimate of drug-likeness (QED) is 0.722. The smallest absolute Gasteiger partial charge is 0.290 e. The summed E-state index contributed by atoms with van der Waals surface area (Å²) in [4.78, 5) is 27.9. The van der Waals surface area contributed by atoms with Crippen molar-refractivity contribution in [2.45, 2.75) is 6.04 Å². The second-order valence-corrected chi connectivity index (χ2v) is 6.35. The second-order valence-electron chi connectivity index (χ2n) is 6.35. The molecule has 3 rings (SSSR count). The lowest BCUT2D eigenvalue weighted by Crippen LogP contribution is -3.06. The van der Waals surface area contributed by atoms with Gasteiger partial charge in [0.2, 0.25) is 0 Å². The summed E-state index contributed by atoms with van der Waals surface area (Å²) < 4.78 is 10.6. The van der Waals surface area contributed by atoms with Crippen LogP contribution in [0.5, 0.6) is 0 Å². The highest BCUT2D eigenvalue weighted by Gasteiger charge is 2.44. The minimum atomic E-state index is -0.745. The number of rotatable bonds is 7. The summed E-state index contributed by atoms with van der Waals surface area (Å²) in [6.45, 7) is 1.05. The lowest BCUT2D eigenvalue weighted by Gasteiger charge is -2.24. The van der Waals surface area contributed by atoms with Crippen molar-refractivity contribution in [2.75, 3.05) is 27.2 Å². The molecule has 2 aromatic rings. The molecule has 0 saturated heterocycles. The molecule has 1 aliphatic heterocycles. The van der Waals surface area contributed by atoms with Gasteiger partial charge in [-0.15, -0.1) is 0 Å². The lowest BCUT2D eigenvalue weighted by atomic mass is 10.0. The first kappa shape index (κ1) is 17.8. The van der Waals surface area contributed by atoms with Gasteiger partial charge in [-0.25, -0.2) is 0 Å². The number of amides is 1. The number of allylic oxidation sites excluding steroid dienone is 1. The van der Waals surface area contributed by atoms with Gasteiger partial charge in [-0.3, -0.25) is 9.59 Å². The fourth-order valence-electron chi connectivity index (χ4n) is 2.86. The third-order valence-corrected chi connectivity index (χ3v) is 4.18. The summed E-state index contributed by atoms with van der Waals surface area (Å²) in [5, 5.41) is 10.4. The Labute approximate surface area is 150 Å². The Hall–Kier alpha value is -3.06. The van der Waals surface area contributed by atoms with Crippen molar-refractivity contribution >= 4 is 17.8 Å². The summed E-state index contributed by atoms with van der Waals surface area (Å²) in [6, 6.07) is 6.04. The van der Waals surface area contributed by atoms with Gasteiger partial charge in [0.1, 0.15) is 17.6 Å². The number of hydrogen-bond acceptors (Lipinski definition) is 5. The SMILES string of the molecule is C[NH+](C)CCN1C(=O)C(O)=C(C(=O)/C=C/c2ccco2)[C@@H]1c1ccco1. The van der Waals surface area contributed by atoms with Crippen molar-refractivity contribution in [1.82, 2.24) is 4.90 Å². The zero-order valence-corrected chi connectivity index (χ0v) is 14.6. The number of quaternary nitrogens is 1. The van der Waals surface area contributed by atoms with Crippen molar-refractivity contribution in [3.05, 3.63) is 65.7 Å².